The van der Waals surface area contributed by atoms with E-state index >= 15 is 0 Å². The second-order valence-electron chi connectivity index (χ2n) is 10.8. The van der Waals surface area contributed by atoms with Crippen LogP contribution in [0.15, 0.2) is 126 Å². The zero-order valence-corrected chi connectivity index (χ0v) is 30.3. The van der Waals surface area contributed by atoms with E-state index in [1.807, 2.05) is 0 Å². The molecule has 3 aromatic carbocycles. The molecule has 0 radical (unpaired) electrons. The number of hydrogen-bond donors (Lipinski definition) is 2. The minimum Gasteiger partial charge on any atom is -0.481 e. The molecule has 0 amide bonds. The Hall–Kier alpha value is -6.23. The van der Waals surface area contributed by atoms with Crippen LogP contribution >= 0.6 is 15.9 Å². The number of nitro benzene ring substituents is 2. The van der Waals surface area contributed by atoms with Crippen LogP contribution in [0.3, 0.4) is 0 Å². The topological polar surface area (TPSA) is 193 Å². The monoisotopic (exact) mass is 813 g/mol. The van der Waals surface area contributed by atoms with Gasteiger partial charge in [-0.2, -0.15) is 0 Å². The lowest BCUT2D eigenvalue weighted by atomic mass is 9.81. The van der Waals surface area contributed by atoms with Crippen molar-refractivity contribution in [2.45, 2.75) is 21.3 Å². The third-order valence-electron chi connectivity index (χ3n) is 7.56. The number of aromatic nitrogens is 3. The summed E-state index contributed by atoms with van der Waals surface area (Å²) in [5.74, 6) is 1.56. The molecule has 0 bridgehead atoms. The highest BCUT2D eigenvalue weighted by Crippen LogP contribution is 2.39. The lowest BCUT2D eigenvalue weighted by molar-refractivity contribution is -0.385. The highest BCUT2D eigenvalue weighted by atomic mass is 79.9. The van der Waals surface area contributed by atoms with Crippen LogP contribution in [0.5, 0.6) is 17.6 Å². The summed E-state index contributed by atoms with van der Waals surface area (Å²) < 4.78 is 15.6. The molecule has 0 fully saturated rings. The van der Waals surface area contributed by atoms with Crippen molar-refractivity contribution in [2.75, 3.05) is 21.3 Å². The molecule has 0 saturated heterocycles. The number of benzene rings is 3. The van der Waals surface area contributed by atoms with Crippen molar-refractivity contribution in [2.24, 2.45) is 0 Å². The van der Waals surface area contributed by atoms with Crippen molar-refractivity contribution in [3.8, 4) is 39.9 Å². The molecule has 1 aliphatic rings. The molecule has 2 N–H and O–H groups in total. The Kier molecular flexibility index (Phi) is 18.1. The summed E-state index contributed by atoms with van der Waals surface area (Å²) in [6, 6.07) is 29.9. The number of para-hydroxylation sites is 2. The molecule has 3 aromatic heterocycles. The Morgan fingerprint density at radius 2 is 1.20 bits per heavy atom. The van der Waals surface area contributed by atoms with Gasteiger partial charge in [0, 0.05) is 54.8 Å². The van der Waals surface area contributed by atoms with Crippen molar-refractivity contribution in [3.63, 3.8) is 0 Å². The highest BCUT2D eigenvalue weighted by molar-refractivity contribution is 9.10. The standard InChI is InChI=1S/C13H11NO.C12H10N2O3.C6H8BNO3.C6H4BrNO2.2CH4/c1-15-13-12-8-9-4-2-3-5-10(9)11(12)6-7-14-13;1-17-12-8-9(6-7-13-12)10-4-2-3-5-11(10)14(15)16;1-11-6-4-5(7(9)10)2-3-8-6;7-5-3-1-2-4-6(5)8(9)10;;/h2-7H,8H2,1H3;2-8H,1H3;2-4,9-10H,1H3;1-4H;2*1H4. The first-order valence-corrected chi connectivity index (χ1v) is 16.5. The summed E-state index contributed by atoms with van der Waals surface area (Å²) in [6.07, 6.45) is 5.75. The summed E-state index contributed by atoms with van der Waals surface area (Å²) in [5.41, 5.74) is 6.95. The summed E-state index contributed by atoms with van der Waals surface area (Å²) in [7, 11) is 3.18. The number of rotatable bonds is 7. The Bertz CT molecular complexity index is 2180. The van der Waals surface area contributed by atoms with Crippen LogP contribution in [0, 0.1) is 20.2 Å². The molecule has 6 aromatic rings. The van der Waals surface area contributed by atoms with E-state index in [1.165, 1.54) is 66.9 Å². The molecule has 0 spiro atoms. The van der Waals surface area contributed by atoms with Gasteiger partial charge in [-0.3, -0.25) is 20.2 Å². The van der Waals surface area contributed by atoms with Gasteiger partial charge in [0.1, 0.15) is 0 Å². The molecule has 55 heavy (non-hydrogen) atoms. The second kappa shape index (κ2) is 22.1. The number of fused-ring (bicyclic) bond motifs is 3. The Morgan fingerprint density at radius 3 is 1.78 bits per heavy atom. The number of nitro groups is 2. The van der Waals surface area contributed by atoms with Crippen molar-refractivity contribution in [3.05, 3.63) is 158 Å². The normalized spacial score (nSPS) is 9.93. The maximum atomic E-state index is 10.9. The number of methoxy groups -OCH3 is 3. The van der Waals surface area contributed by atoms with Gasteiger partial charge in [0.15, 0.2) is 0 Å². The predicted octanol–water partition coefficient (Wildman–Crippen LogP) is 7.73. The molecule has 1 aliphatic carbocycles. The van der Waals surface area contributed by atoms with Gasteiger partial charge >= 0.3 is 7.12 Å². The van der Waals surface area contributed by atoms with E-state index in [4.69, 9.17) is 24.3 Å². The zero-order chi connectivity index (χ0) is 38.3. The third-order valence-corrected chi connectivity index (χ3v) is 8.23. The third kappa shape index (κ3) is 12.1. The second-order valence-corrected chi connectivity index (χ2v) is 11.6. The highest BCUT2D eigenvalue weighted by Gasteiger charge is 2.21. The molecule has 3 heterocycles. The van der Waals surface area contributed by atoms with Gasteiger partial charge in [0.2, 0.25) is 17.6 Å². The van der Waals surface area contributed by atoms with Gasteiger partial charge in [-0.1, -0.05) is 63.4 Å². The molecule has 0 atom stereocenters. The molecule has 16 heteroatoms. The molecule has 0 aliphatic heterocycles. The van der Waals surface area contributed by atoms with Gasteiger partial charge in [0.05, 0.1) is 41.2 Å². The summed E-state index contributed by atoms with van der Waals surface area (Å²) in [4.78, 5) is 32.3. The first kappa shape index (κ1) is 44.9. The molecule has 7 rings (SSSR count). The van der Waals surface area contributed by atoms with Gasteiger partial charge in [-0.05, 0) is 74.0 Å². The van der Waals surface area contributed by atoms with Gasteiger partial charge in [0.25, 0.3) is 11.4 Å². The van der Waals surface area contributed by atoms with E-state index in [0.717, 1.165) is 12.3 Å². The first-order valence-electron chi connectivity index (χ1n) is 15.7. The van der Waals surface area contributed by atoms with Crippen molar-refractivity contribution in [1.29, 1.82) is 0 Å². The number of hydrogen-bond acceptors (Lipinski definition) is 12. The average molecular weight is 814 g/mol. The van der Waals surface area contributed by atoms with Crippen LogP contribution in [0.1, 0.15) is 26.0 Å². The van der Waals surface area contributed by atoms with Crippen molar-refractivity contribution in [1.82, 2.24) is 15.0 Å². The minimum atomic E-state index is -1.47. The molecule has 0 unspecified atom stereocenters. The summed E-state index contributed by atoms with van der Waals surface area (Å²) >= 11 is 3.06. The fourth-order valence-electron chi connectivity index (χ4n) is 5.06. The lowest BCUT2D eigenvalue weighted by Crippen LogP contribution is -2.29. The van der Waals surface area contributed by atoms with Crippen molar-refractivity contribution < 1.29 is 34.1 Å². The summed E-state index contributed by atoms with van der Waals surface area (Å²) in [6.45, 7) is 0. The number of ether oxygens (including phenoxy) is 3. The van der Waals surface area contributed by atoms with Crippen LogP contribution < -0.4 is 19.7 Å². The maximum Gasteiger partial charge on any atom is 0.488 e. The quantitative estimate of drug-likeness (QED) is 0.0905. The fraction of sp³-hybridized carbons (Fsp3) is 0.154. The number of nitrogens with zero attached hydrogens (tertiary/aromatic N) is 5. The molecule has 14 nitrogen and oxygen atoms in total. The largest absolute Gasteiger partial charge is 0.488 e. The minimum absolute atomic E-state index is 0. The molecular formula is C39H41BBrN5O9. The van der Waals surface area contributed by atoms with Gasteiger partial charge in [-0.25, -0.2) is 15.0 Å². The van der Waals surface area contributed by atoms with Crippen LogP contribution in [0.2, 0.25) is 0 Å². The zero-order valence-electron chi connectivity index (χ0n) is 28.7. The van der Waals surface area contributed by atoms with Gasteiger partial charge in [-0.15, -0.1) is 0 Å². The molecule has 0 saturated carbocycles. The van der Waals surface area contributed by atoms with E-state index in [1.54, 1.807) is 68.0 Å². The lowest BCUT2D eigenvalue weighted by Gasteiger charge is -2.04. The van der Waals surface area contributed by atoms with Crippen LogP contribution in [0.4, 0.5) is 11.4 Å². The predicted molar refractivity (Wildman–Crippen MR) is 217 cm³/mol. The number of pyridine rings is 3. The van der Waals surface area contributed by atoms with Crippen LogP contribution in [-0.2, 0) is 6.42 Å². The first-order chi connectivity index (χ1) is 25.6. The maximum absolute atomic E-state index is 10.9. The molecule has 286 valence electrons. The van der Waals surface area contributed by atoms with Crippen LogP contribution in [0.25, 0.3) is 22.3 Å². The number of halogens is 1. The van der Waals surface area contributed by atoms with Crippen LogP contribution in [-0.4, -0.2) is 63.3 Å². The van der Waals surface area contributed by atoms with E-state index in [0.29, 0.717) is 32.8 Å². The van der Waals surface area contributed by atoms with E-state index in [2.05, 4.69) is 61.2 Å². The van der Waals surface area contributed by atoms with E-state index in [9.17, 15) is 20.2 Å². The Labute approximate surface area is 328 Å². The smallest absolute Gasteiger partial charge is 0.481 e. The Balaban J connectivity index is 0.000000256. The van der Waals surface area contributed by atoms with Crippen molar-refractivity contribution >= 4 is 39.9 Å². The fourth-order valence-corrected chi connectivity index (χ4v) is 5.49. The van der Waals surface area contributed by atoms with E-state index < -0.39 is 17.0 Å². The Morgan fingerprint density at radius 1 is 0.655 bits per heavy atom. The summed E-state index contributed by atoms with van der Waals surface area (Å²) in [5, 5.41) is 38.5. The SMILES string of the molecule is C.C.COc1cc(-c2ccccc2[N+](=O)[O-])ccn1.COc1cc(B(O)O)ccn1.COc1nccc2c1Cc1ccccc1-2.O=[N+]([O-])c1ccccc1Br. The average Bonchev–Trinajstić information content (AvgIpc) is 3.58. The van der Waals surface area contributed by atoms with E-state index in [-0.39, 0.29) is 26.2 Å². The molecular weight excluding hydrogens is 773 g/mol. The van der Waals surface area contributed by atoms with Gasteiger partial charge < -0.3 is 24.3 Å².